The maximum atomic E-state index is 13.2. The molecule has 2 aliphatic rings. The Morgan fingerprint density at radius 1 is 1.17 bits per heavy atom. The van der Waals surface area contributed by atoms with Gasteiger partial charge in [0.25, 0.3) is 5.69 Å². The molecule has 0 fully saturated rings. The van der Waals surface area contributed by atoms with Gasteiger partial charge in [0, 0.05) is 31.4 Å². The highest BCUT2D eigenvalue weighted by molar-refractivity contribution is 8.16. The van der Waals surface area contributed by atoms with Crippen molar-refractivity contribution in [2.75, 3.05) is 14.2 Å². The van der Waals surface area contributed by atoms with E-state index in [9.17, 15) is 19.7 Å². The van der Waals surface area contributed by atoms with E-state index in [-0.39, 0.29) is 18.0 Å². The normalized spacial score (nSPS) is 16.8. The Balaban J connectivity index is 1.67. The number of benzene rings is 2. The zero-order valence-electron chi connectivity index (χ0n) is 20.2. The van der Waals surface area contributed by atoms with Gasteiger partial charge >= 0.3 is 5.97 Å². The van der Waals surface area contributed by atoms with E-state index in [4.69, 9.17) is 9.73 Å². The van der Waals surface area contributed by atoms with Crippen LogP contribution in [0.2, 0.25) is 0 Å². The number of nitrogens with zero attached hydrogens (tertiary/aromatic N) is 4. The summed E-state index contributed by atoms with van der Waals surface area (Å²) in [7, 11) is 3.07. The summed E-state index contributed by atoms with van der Waals surface area (Å²) in [5, 5.41) is 13.7. The van der Waals surface area contributed by atoms with Crippen LogP contribution in [0, 0.1) is 10.1 Å². The minimum absolute atomic E-state index is 0.0490. The number of allylic oxidation sites excluding steroid dienone is 1. The molecular formula is C26H26N4O5S. The summed E-state index contributed by atoms with van der Waals surface area (Å²) in [5.41, 5.74) is 3.28. The van der Waals surface area contributed by atoms with Crippen LogP contribution >= 0.6 is 11.8 Å². The number of ether oxygens (including phenoxy) is 1. The number of amidine groups is 1. The molecule has 36 heavy (non-hydrogen) atoms. The Labute approximate surface area is 213 Å². The lowest BCUT2D eigenvalue weighted by Crippen LogP contribution is -2.38. The maximum Gasteiger partial charge on any atom is 0.338 e. The molecule has 1 atom stereocenters. The number of aliphatic imine (C=N–C) groups is 1. The van der Waals surface area contributed by atoms with Crippen LogP contribution in [0.3, 0.4) is 0 Å². The smallest absolute Gasteiger partial charge is 0.338 e. The fraction of sp³-hybridized carbons (Fsp3) is 0.269. The third-order valence-electron chi connectivity index (χ3n) is 6.07. The SMILES string of the molecule is CCC1=C(C(=O)OC)[C@H](c2ccc([N+](=O)[O-])cc2)N2C(CC(=O)N(C)Cc3ccccc3)=CSC2=N1. The summed E-state index contributed by atoms with van der Waals surface area (Å²) in [5.74, 6) is -0.610. The second-order valence-electron chi connectivity index (χ2n) is 8.36. The van der Waals surface area contributed by atoms with Crippen molar-refractivity contribution in [1.29, 1.82) is 0 Å². The summed E-state index contributed by atoms with van der Waals surface area (Å²) < 4.78 is 5.10. The quantitative estimate of drug-likeness (QED) is 0.288. The molecule has 0 aliphatic carbocycles. The molecule has 2 aromatic carbocycles. The number of hydrogen-bond acceptors (Lipinski definition) is 8. The van der Waals surface area contributed by atoms with Gasteiger partial charge in [-0.25, -0.2) is 9.79 Å². The highest BCUT2D eigenvalue weighted by Crippen LogP contribution is 2.45. The monoisotopic (exact) mass is 506 g/mol. The topological polar surface area (TPSA) is 105 Å². The Hall–Kier alpha value is -3.92. The lowest BCUT2D eigenvalue weighted by Gasteiger charge is -2.36. The molecule has 2 aliphatic heterocycles. The number of thioether (sulfide) groups is 1. The molecule has 4 rings (SSSR count). The molecule has 0 bridgehead atoms. The molecule has 0 spiro atoms. The van der Waals surface area contributed by atoms with Crippen LogP contribution in [0.25, 0.3) is 0 Å². The second-order valence-corrected chi connectivity index (χ2v) is 9.20. The van der Waals surface area contributed by atoms with Gasteiger partial charge in [0.1, 0.15) is 0 Å². The first-order valence-corrected chi connectivity index (χ1v) is 12.3. The molecule has 1 amide bonds. The van der Waals surface area contributed by atoms with E-state index >= 15 is 0 Å². The molecule has 0 radical (unpaired) electrons. The van der Waals surface area contributed by atoms with E-state index in [0.29, 0.717) is 40.7 Å². The van der Waals surface area contributed by atoms with Gasteiger partial charge in [0.15, 0.2) is 5.17 Å². The maximum absolute atomic E-state index is 13.2. The van der Waals surface area contributed by atoms with Crippen molar-refractivity contribution in [3.05, 3.63) is 98.2 Å². The van der Waals surface area contributed by atoms with E-state index in [0.717, 1.165) is 5.56 Å². The van der Waals surface area contributed by atoms with Crippen molar-refractivity contribution in [2.24, 2.45) is 4.99 Å². The van der Waals surface area contributed by atoms with E-state index in [1.54, 1.807) is 24.1 Å². The Kier molecular flexibility index (Phi) is 7.54. The van der Waals surface area contributed by atoms with Gasteiger partial charge in [-0.15, -0.1) is 0 Å². The first-order chi connectivity index (χ1) is 17.3. The van der Waals surface area contributed by atoms with Crippen LogP contribution in [-0.4, -0.2) is 45.9 Å². The molecule has 0 aromatic heterocycles. The Morgan fingerprint density at radius 2 is 1.86 bits per heavy atom. The number of nitro groups is 1. The number of methoxy groups -OCH3 is 1. The average Bonchev–Trinajstić information content (AvgIpc) is 3.29. The van der Waals surface area contributed by atoms with E-state index in [1.165, 1.54) is 31.0 Å². The molecule has 0 N–H and O–H groups in total. The molecule has 0 saturated heterocycles. The van der Waals surface area contributed by atoms with Gasteiger partial charge < -0.3 is 14.5 Å². The van der Waals surface area contributed by atoms with Gasteiger partial charge in [0.2, 0.25) is 5.91 Å². The van der Waals surface area contributed by atoms with Crippen LogP contribution in [0.1, 0.15) is 36.9 Å². The predicted octanol–water partition coefficient (Wildman–Crippen LogP) is 4.78. The molecule has 2 heterocycles. The fourth-order valence-corrected chi connectivity index (χ4v) is 5.18. The van der Waals surface area contributed by atoms with Crippen molar-refractivity contribution < 1.29 is 19.2 Å². The number of esters is 1. The number of non-ortho nitro benzene ring substituents is 1. The third-order valence-corrected chi connectivity index (χ3v) is 6.96. The van der Waals surface area contributed by atoms with Crippen LogP contribution < -0.4 is 0 Å². The predicted molar refractivity (Wildman–Crippen MR) is 138 cm³/mol. The van der Waals surface area contributed by atoms with E-state index in [1.807, 2.05) is 47.6 Å². The number of carbonyl (C=O) groups is 2. The highest BCUT2D eigenvalue weighted by Gasteiger charge is 2.41. The number of carbonyl (C=O) groups excluding carboxylic acids is 2. The van der Waals surface area contributed by atoms with E-state index < -0.39 is 16.9 Å². The lowest BCUT2D eigenvalue weighted by atomic mass is 9.92. The van der Waals surface area contributed by atoms with Crippen molar-refractivity contribution >= 4 is 34.5 Å². The van der Waals surface area contributed by atoms with Crippen LogP contribution in [0.5, 0.6) is 0 Å². The Morgan fingerprint density at radius 3 is 2.47 bits per heavy atom. The second kappa shape index (κ2) is 10.8. The zero-order chi connectivity index (χ0) is 25.8. The summed E-state index contributed by atoms with van der Waals surface area (Å²) in [6.45, 7) is 2.38. The Bertz CT molecular complexity index is 1270. The summed E-state index contributed by atoms with van der Waals surface area (Å²) in [6, 6.07) is 15.2. The van der Waals surface area contributed by atoms with Gasteiger partial charge in [-0.05, 0) is 35.1 Å². The number of hydrogen-bond donors (Lipinski definition) is 0. The number of nitro benzene ring substituents is 1. The molecule has 10 heteroatoms. The number of rotatable bonds is 8. The number of fused-ring (bicyclic) bond motifs is 1. The molecule has 2 aromatic rings. The summed E-state index contributed by atoms with van der Waals surface area (Å²) in [4.78, 5) is 45.1. The minimum atomic E-state index is -0.630. The number of amides is 1. The van der Waals surface area contributed by atoms with Gasteiger partial charge in [-0.3, -0.25) is 14.9 Å². The zero-order valence-corrected chi connectivity index (χ0v) is 21.0. The summed E-state index contributed by atoms with van der Waals surface area (Å²) >= 11 is 1.39. The lowest BCUT2D eigenvalue weighted by molar-refractivity contribution is -0.384. The molecule has 9 nitrogen and oxygen atoms in total. The van der Waals surface area contributed by atoms with Gasteiger partial charge in [-0.2, -0.15) is 0 Å². The average molecular weight is 507 g/mol. The molecule has 186 valence electrons. The van der Waals surface area contributed by atoms with Crippen molar-refractivity contribution in [1.82, 2.24) is 9.80 Å². The fourth-order valence-electron chi connectivity index (χ4n) is 4.24. The first kappa shape index (κ1) is 25.2. The van der Waals surface area contributed by atoms with Crippen molar-refractivity contribution in [2.45, 2.75) is 32.4 Å². The minimum Gasteiger partial charge on any atom is -0.466 e. The van der Waals surface area contributed by atoms with Crippen molar-refractivity contribution in [3.63, 3.8) is 0 Å². The van der Waals surface area contributed by atoms with Crippen LogP contribution in [0.15, 0.2) is 82.0 Å². The molecule has 0 saturated carbocycles. The van der Waals surface area contributed by atoms with Crippen molar-refractivity contribution in [3.8, 4) is 0 Å². The largest absolute Gasteiger partial charge is 0.466 e. The molecule has 0 unspecified atom stereocenters. The standard InChI is InChI=1S/C26H26N4O5S/c1-4-21-23(25(32)35-3)24(18-10-12-19(13-11-18)30(33)34)29-20(16-36-26(29)27-21)14-22(31)28(2)15-17-8-6-5-7-9-17/h5-13,16,24H,4,14-15H2,1-3H3/t24-/m0/s1. The first-order valence-electron chi connectivity index (χ1n) is 11.4. The van der Waals surface area contributed by atoms with Crippen LogP contribution in [-0.2, 0) is 20.9 Å². The molecular weight excluding hydrogens is 480 g/mol. The third kappa shape index (κ3) is 5.03. The van der Waals surface area contributed by atoms with E-state index in [2.05, 4.69) is 0 Å². The highest BCUT2D eigenvalue weighted by atomic mass is 32.2. The van der Waals surface area contributed by atoms with Gasteiger partial charge in [0.05, 0.1) is 35.8 Å². The summed E-state index contributed by atoms with van der Waals surface area (Å²) in [6.07, 6.45) is 0.606. The van der Waals surface area contributed by atoms with Crippen LogP contribution in [0.4, 0.5) is 5.69 Å². The van der Waals surface area contributed by atoms with Gasteiger partial charge in [-0.1, -0.05) is 49.0 Å².